The Labute approximate surface area is 128 Å². The molecule has 0 bridgehead atoms. The van der Waals surface area contributed by atoms with Gasteiger partial charge in [-0.3, -0.25) is 0 Å². The van der Waals surface area contributed by atoms with Crippen LogP contribution in [0.25, 0.3) is 11.1 Å². The van der Waals surface area contributed by atoms with Crippen LogP contribution in [-0.4, -0.2) is 17.2 Å². The highest BCUT2D eigenvalue weighted by molar-refractivity contribution is 5.83. The van der Waals surface area contributed by atoms with E-state index in [4.69, 9.17) is 5.73 Å². The molecule has 0 saturated carbocycles. The van der Waals surface area contributed by atoms with E-state index in [9.17, 15) is 8.78 Å². The fraction of sp³-hybridized carbons (Fsp3) is 0.312. The van der Waals surface area contributed by atoms with Crippen molar-refractivity contribution in [3.05, 3.63) is 36.0 Å². The largest absolute Gasteiger partial charge is 0.384 e. The van der Waals surface area contributed by atoms with E-state index in [2.05, 4.69) is 15.2 Å². The number of hydrogen-bond acceptors (Lipinski definition) is 4. The molecule has 0 amide bonds. The van der Waals surface area contributed by atoms with Gasteiger partial charge in [-0.15, -0.1) is 0 Å². The first-order valence-corrected chi connectivity index (χ1v) is 7.18. The van der Waals surface area contributed by atoms with Crippen molar-refractivity contribution in [3.8, 4) is 11.1 Å². The molecule has 6 heteroatoms. The molecule has 1 atom stereocenters. The lowest BCUT2D eigenvalue weighted by Gasteiger charge is -2.28. The average molecular weight is 304 g/mol. The quantitative estimate of drug-likeness (QED) is 0.890. The number of anilines is 3. The summed E-state index contributed by atoms with van der Waals surface area (Å²) >= 11 is 0. The summed E-state index contributed by atoms with van der Waals surface area (Å²) in [7, 11) is 0. The Hall–Kier alpha value is -2.37. The van der Waals surface area contributed by atoms with Gasteiger partial charge in [-0.25, -0.2) is 13.8 Å². The number of hydrogen-bond donors (Lipinski definition) is 2. The third-order valence-corrected chi connectivity index (χ3v) is 3.86. The Morgan fingerprint density at radius 2 is 1.95 bits per heavy atom. The second kappa shape index (κ2) is 5.12. The van der Waals surface area contributed by atoms with Gasteiger partial charge in [0.15, 0.2) is 0 Å². The minimum absolute atomic E-state index is 0.0212. The van der Waals surface area contributed by atoms with Crippen LogP contribution in [0.5, 0.6) is 0 Å². The maximum absolute atomic E-state index is 14.4. The molecule has 1 aliphatic rings. The van der Waals surface area contributed by atoms with Gasteiger partial charge in [-0.05, 0) is 44.5 Å². The number of halogens is 2. The predicted molar refractivity (Wildman–Crippen MR) is 84.7 cm³/mol. The molecular formula is C16H18F2N4. The van der Waals surface area contributed by atoms with Crippen LogP contribution in [0.2, 0.25) is 0 Å². The van der Waals surface area contributed by atoms with Gasteiger partial charge in [-0.2, -0.15) is 0 Å². The van der Waals surface area contributed by atoms with Crippen molar-refractivity contribution in [1.82, 2.24) is 4.98 Å². The highest BCUT2D eigenvalue weighted by Crippen LogP contribution is 2.41. The molecule has 1 unspecified atom stereocenters. The summed E-state index contributed by atoms with van der Waals surface area (Å²) in [6.45, 7) is 6.02. The molecule has 116 valence electrons. The van der Waals surface area contributed by atoms with Crippen molar-refractivity contribution in [3.63, 3.8) is 0 Å². The van der Waals surface area contributed by atoms with E-state index in [1.165, 1.54) is 12.1 Å². The first-order chi connectivity index (χ1) is 10.4. The number of fused-ring (bicyclic) bond motifs is 1. The van der Waals surface area contributed by atoms with Crippen molar-refractivity contribution in [2.75, 3.05) is 16.0 Å². The highest BCUT2D eigenvalue weighted by atomic mass is 19.1. The Bertz CT molecular complexity index is 730. The van der Waals surface area contributed by atoms with Gasteiger partial charge in [-0.1, -0.05) is 0 Å². The zero-order chi connectivity index (χ0) is 16.0. The predicted octanol–water partition coefficient (Wildman–Crippen LogP) is 3.60. The lowest BCUT2D eigenvalue weighted by Crippen LogP contribution is -2.38. The van der Waals surface area contributed by atoms with E-state index in [0.29, 0.717) is 11.3 Å². The summed E-state index contributed by atoms with van der Waals surface area (Å²) in [5.41, 5.74) is 7.50. The van der Waals surface area contributed by atoms with E-state index in [-0.39, 0.29) is 23.6 Å². The molecule has 3 rings (SSSR count). The van der Waals surface area contributed by atoms with Crippen molar-refractivity contribution < 1.29 is 8.78 Å². The van der Waals surface area contributed by atoms with Gasteiger partial charge in [0, 0.05) is 11.6 Å². The Balaban J connectivity index is 2.17. The van der Waals surface area contributed by atoms with Crippen LogP contribution in [-0.2, 0) is 0 Å². The smallest absolute Gasteiger partial charge is 0.149 e. The molecule has 1 aromatic carbocycles. The monoisotopic (exact) mass is 304 g/mol. The van der Waals surface area contributed by atoms with E-state index in [0.717, 1.165) is 11.9 Å². The molecule has 4 nitrogen and oxygen atoms in total. The number of pyridine rings is 1. The van der Waals surface area contributed by atoms with Gasteiger partial charge < -0.3 is 16.0 Å². The molecule has 0 spiro atoms. The van der Waals surface area contributed by atoms with Crippen LogP contribution in [0.4, 0.5) is 26.0 Å². The molecule has 0 aliphatic carbocycles. The highest BCUT2D eigenvalue weighted by Gasteiger charge is 2.30. The van der Waals surface area contributed by atoms with Crippen molar-refractivity contribution in [2.45, 2.75) is 33.0 Å². The average Bonchev–Trinajstić information content (AvgIpc) is 2.78. The van der Waals surface area contributed by atoms with Crippen molar-refractivity contribution >= 4 is 17.2 Å². The third-order valence-electron chi connectivity index (χ3n) is 3.86. The number of benzene rings is 1. The van der Waals surface area contributed by atoms with E-state index >= 15 is 0 Å². The molecule has 0 fully saturated rings. The molecule has 2 aromatic rings. The molecule has 1 aliphatic heterocycles. The summed E-state index contributed by atoms with van der Waals surface area (Å²) in [5, 5.41) is 3.12. The molecule has 1 aromatic heterocycles. The normalized spacial score (nSPS) is 16.8. The lowest BCUT2D eigenvalue weighted by molar-refractivity contribution is 0.623. The standard InChI is InChI=1S/C16H18F2N4/c1-8(2)22-9(3)21-16-12(17)4-10(5-14(16)22)11-6-15(19)20-7-13(11)18/h4-9,21H,1-3H3,(H2,19,20). The minimum atomic E-state index is -0.524. The summed E-state index contributed by atoms with van der Waals surface area (Å²) in [5.74, 6) is -0.731. The van der Waals surface area contributed by atoms with Crippen molar-refractivity contribution in [1.29, 1.82) is 0 Å². The maximum atomic E-state index is 14.4. The maximum Gasteiger partial charge on any atom is 0.149 e. The van der Waals surface area contributed by atoms with Crippen LogP contribution >= 0.6 is 0 Å². The van der Waals surface area contributed by atoms with Gasteiger partial charge >= 0.3 is 0 Å². The van der Waals surface area contributed by atoms with Gasteiger partial charge in [0.2, 0.25) is 0 Å². The zero-order valence-electron chi connectivity index (χ0n) is 12.7. The Morgan fingerprint density at radius 3 is 2.64 bits per heavy atom. The molecule has 2 heterocycles. The number of rotatable bonds is 2. The van der Waals surface area contributed by atoms with E-state index in [1.807, 2.05) is 20.8 Å². The van der Waals surface area contributed by atoms with Crippen LogP contribution in [0.3, 0.4) is 0 Å². The second-order valence-electron chi connectivity index (χ2n) is 5.76. The van der Waals surface area contributed by atoms with Crippen LogP contribution in [0, 0.1) is 11.6 Å². The minimum Gasteiger partial charge on any atom is -0.384 e. The SMILES string of the molecule is CC(C)N1c2cc(-c3cc(N)ncc3F)cc(F)c2NC1C. The molecule has 22 heavy (non-hydrogen) atoms. The topological polar surface area (TPSA) is 54.2 Å². The number of nitrogens with two attached hydrogens (primary N) is 1. The second-order valence-corrected chi connectivity index (χ2v) is 5.76. The lowest BCUT2D eigenvalue weighted by atomic mass is 10.0. The van der Waals surface area contributed by atoms with Crippen LogP contribution in [0.15, 0.2) is 24.4 Å². The van der Waals surface area contributed by atoms with E-state index < -0.39 is 11.6 Å². The summed E-state index contributed by atoms with van der Waals surface area (Å²) in [6, 6.07) is 4.71. The number of aromatic nitrogens is 1. The summed E-state index contributed by atoms with van der Waals surface area (Å²) in [4.78, 5) is 5.76. The number of nitrogen functional groups attached to an aromatic ring is 1. The molecule has 0 saturated heterocycles. The van der Waals surface area contributed by atoms with Gasteiger partial charge in [0.25, 0.3) is 0 Å². The van der Waals surface area contributed by atoms with Crippen molar-refractivity contribution in [2.24, 2.45) is 0 Å². The Morgan fingerprint density at radius 1 is 1.23 bits per heavy atom. The Kier molecular flexibility index (Phi) is 3.39. The van der Waals surface area contributed by atoms with E-state index in [1.54, 1.807) is 6.07 Å². The first-order valence-electron chi connectivity index (χ1n) is 7.18. The van der Waals surface area contributed by atoms with Crippen LogP contribution < -0.4 is 16.0 Å². The fourth-order valence-electron chi connectivity index (χ4n) is 2.98. The molecular weight excluding hydrogens is 286 g/mol. The van der Waals surface area contributed by atoms with Gasteiger partial charge in [0.1, 0.15) is 17.5 Å². The number of nitrogens with zero attached hydrogens (tertiary/aromatic N) is 2. The third kappa shape index (κ3) is 2.24. The van der Waals surface area contributed by atoms with Crippen LogP contribution in [0.1, 0.15) is 20.8 Å². The van der Waals surface area contributed by atoms with Gasteiger partial charge in [0.05, 0.1) is 23.7 Å². The summed E-state index contributed by atoms with van der Waals surface area (Å²) in [6.07, 6.45) is 1.03. The first kappa shape index (κ1) is 14.6. The summed E-state index contributed by atoms with van der Waals surface area (Å²) < 4.78 is 28.4. The number of nitrogens with one attached hydrogen (secondary N) is 1. The zero-order valence-corrected chi connectivity index (χ0v) is 12.7. The fourth-order valence-corrected chi connectivity index (χ4v) is 2.98. The molecule has 0 radical (unpaired) electrons. The molecule has 3 N–H and O–H groups in total.